The van der Waals surface area contributed by atoms with Gasteiger partial charge in [0, 0.05) is 28.3 Å². The van der Waals surface area contributed by atoms with Crippen molar-refractivity contribution >= 4 is 23.2 Å². The molecular weight excluding hydrogens is 390 g/mol. The summed E-state index contributed by atoms with van der Waals surface area (Å²) < 4.78 is 1.45. The molecule has 1 aliphatic heterocycles. The third-order valence-electron chi connectivity index (χ3n) is 5.55. The molecule has 3 N–H and O–H groups in total. The van der Waals surface area contributed by atoms with Crippen molar-refractivity contribution in [2.75, 3.05) is 5.32 Å². The van der Waals surface area contributed by atoms with E-state index in [4.69, 9.17) is 11.6 Å². The lowest BCUT2D eigenvalue weighted by Crippen LogP contribution is -2.30. The Balaban J connectivity index is 1.79. The number of aromatic hydroxyl groups is 1. The predicted octanol–water partition coefficient (Wildman–Crippen LogP) is 4.09. The first-order valence-electron chi connectivity index (χ1n) is 9.46. The molecule has 0 saturated heterocycles. The molecule has 2 heterocycles. The molecule has 0 bridgehead atoms. The van der Waals surface area contributed by atoms with Crippen molar-refractivity contribution < 1.29 is 9.90 Å². The molecule has 7 heteroatoms. The largest absolute Gasteiger partial charge is 0.508 e. The van der Waals surface area contributed by atoms with E-state index in [1.165, 1.54) is 10.7 Å². The maximum atomic E-state index is 13.4. The lowest BCUT2D eigenvalue weighted by molar-refractivity contribution is -0.116. The van der Waals surface area contributed by atoms with E-state index in [0.29, 0.717) is 46.1 Å². The molecule has 1 aromatic heterocycles. The summed E-state index contributed by atoms with van der Waals surface area (Å²) in [6.45, 7) is 0. The third kappa shape index (κ3) is 2.79. The van der Waals surface area contributed by atoms with Crippen LogP contribution >= 0.6 is 11.6 Å². The fourth-order valence-corrected chi connectivity index (χ4v) is 4.44. The number of ketones is 1. The second kappa shape index (κ2) is 6.67. The van der Waals surface area contributed by atoms with Crippen molar-refractivity contribution in [3.8, 4) is 11.4 Å². The SMILES string of the molecule is O=C1CCCC2=C1[C@H](c1cc(Cl)ccc1O)c1c([nH]n(-c3ccccc3)c1=O)N2. The van der Waals surface area contributed by atoms with Gasteiger partial charge in [-0.1, -0.05) is 29.8 Å². The minimum absolute atomic E-state index is 0.00401. The number of nitrogens with one attached hydrogen (secondary N) is 2. The summed E-state index contributed by atoms with van der Waals surface area (Å²) in [7, 11) is 0. The minimum Gasteiger partial charge on any atom is -0.508 e. The molecule has 29 heavy (non-hydrogen) atoms. The van der Waals surface area contributed by atoms with Crippen LogP contribution in [0, 0.1) is 0 Å². The molecule has 146 valence electrons. The lowest BCUT2D eigenvalue weighted by Gasteiger charge is -2.31. The topological polar surface area (TPSA) is 87.1 Å². The smallest absolute Gasteiger partial charge is 0.277 e. The van der Waals surface area contributed by atoms with Gasteiger partial charge in [-0.05, 0) is 43.2 Å². The Morgan fingerprint density at radius 3 is 2.66 bits per heavy atom. The Morgan fingerprint density at radius 2 is 1.86 bits per heavy atom. The van der Waals surface area contributed by atoms with Gasteiger partial charge in [-0.25, -0.2) is 4.68 Å². The first-order valence-corrected chi connectivity index (χ1v) is 9.84. The number of nitrogens with zero attached hydrogens (tertiary/aromatic N) is 1. The van der Waals surface area contributed by atoms with E-state index in [2.05, 4.69) is 10.4 Å². The summed E-state index contributed by atoms with van der Waals surface area (Å²) in [5.74, 6) is -0.150. The standard InChI is InChI=1S/C22H18ClN3O3/c23-12-9-10-16(27)14(11-12)18-19-15(7-4-8-17(19)28)24-21-20(18)22(29)26(25-21)13-5-2-1-3-6-13/h1-3,5-6,9-11,18,24-25,27H,4,7-8H2/t18-/m0/s1. The Morgan fingerprint density at radius 1 is 1.07 bits per heavy atom. The van der Waals surface area contributed by atoms with Gasteiger partial charge in [0.2, 0.25) is 0 Å². The van der Waals surface area contributed by atoms with Crippen LogP contribution in [0.3, 0.4) is 0 Å². The number of benzene rings is 2. The molecule has 6 nitrogen and oxygen atoms in total. The number of carbonyl (C=O) groups is 1. The number of rotatable bonds is 2. The average molecular weight is 408 g/mol. The van der Waals surface area contributed by atoms with Crippen LogP contribution in [-0.2, 0) is 4.79 Å². The Labute approximate surface area is 171 Å². The first-order chi connectivity index (χ1) is 14.0. The number of carbonyl (C=O) groups excluding carboxylic acids is 1. The van der Waals surface area contributed by atoms with Crippen molar-refractivity contribution in [2.45, 2.75) is 25.2 Å². The van der Waals surface area contributed by atoms with Crippen molar-refractivity contribution in [1.82, 2.24) is 9.78 Å². The average Bonchev–Trinajstić information content (AvgIpc) is 3.05. The highest BCUT2D eigenvalue weighted by Crippen LogP contribution is 2.46. The summed E-state index contributed by atoms with van der Waals surface area (Å²) in [6.07, 6.45) is 1.87. The van der Waals surface area contributed by atoms with Crippen LogP contribution in [0.15, 0.2) is 64.6 Å². The summed E-state index contributed by atoms with van der Waals surface area (Å²) in [4.78, 5) is 26.3. The van der Waals surface area contributed by atoms with Gasteiger partial charge >= 0.3 is 0 Å². The number of fused-ring (bicyclic) bond motifs is 1. The third-order valence-corrected chi connectivity index (χ3v) is 5.79. The Kier molecular flexibility index (Phi) is 4.10. The number of Topliss-reactive ketones (excluding diaryl/α,β-unsaturated/α-hetero) is 1. The monoisotopic (exact) mass is 407 g/mol. The number of hydrogen-bond donors (Lipinski definition) is 3. The zero-order chi connectivity index (χ0) is 20.1. The number of aromatic amines is 1. The van der Waals surface area contributed by atoms with Gasteiger partial charge in [0.25, 0.3) is 5.56 Å². The van der Waals surface area contributed by atoms with Gasteiger partial charge in [0.15, 0.2) is 5.78 Å². The highest BCUT2D eigenvalue weighted by atomic mass is 35.5. The number of phenols is 1. The summed E-state index contributed by atoms with van der Waals surface area (Å²) in [5.41, 5.74) is 2.61. The van der Waals surface area contributed by atoms with Gasteiger partial charge in [-0.3, -0.25) is 14.7 Å². The van der Waals surface area contributed by atoms with E-state index in [1.807, 2.05) is 30.3 Å². The molecule has 0 radical (unpaired) electrons. The van der Waals surface area contributed by atoms with Crippen molar-refractivity contribution in [3.63, 3.8) is 0 Å². The van der Waals surface area contributed by atoms with Gasteiger partial charge in [0.05, 0.1) is 17.2 Å². The number of aromatic nitrogens is 2. The summed E-state index contributed by atoms with van der Waals surface area (Å²) in [6, 6.07) is 13.9. The summed E-state index contributed by atoms with van der Waals surface area (Å²) in [5, 5.41) is 17.4. The predicted molar refractivity (Wildman–Crippen MR) is 111 cm³/mol. The van der Waals surface area contributed by atoms with Crippen LogP contribution in [0.2, 0.25) is 5.02 Å². The number of anilines is 1. The van der Waals surface area contributed by atoms with E-state index < -0.39 is 5.92 Å². The second-order valence-electron chi connectivity index (χ2n) is 7.31. The molecule has 1 aliphatic carbocycles. The zero-order valence-electron chi connectivity index (χ0n) is 15.4. The van der Waals surface area contributed by atoms with E-state index in [9.17, 15) is 14.7 Å². The van der Waals surface area contributed by atoms with Crippen LogP contribution in [0.25, 0.3) is 5.69 Å². The van der Waals surface area contributed by atoms with Crippen molar-refractivity contribution in [1.29, 1.82) is 0 Å². The number of hydrogen-bond acceptors (Lipinski definition) is 4. The van der Waals surface area contributed by atoms with Crippen LogP contribution in [0.4, 0.5) is 5.82 Å². The first kappa shape index (κ1) is 17.8. The zero-order valence-corrected chi connectivity index (χ0v) is 16.2. The van der Waals surface area contributed by atoms with Crippen LogP contribution in [-0.4, -0.2) is 20.7 Å². The van der Waals surface area contributed by atoms with Gasteiger partial charge < -0.3 is 10.4 Å². The molecule has 0 spiro atoms. The molecule has 3 aromatic rings. The van der Waals surface area contributed by atoms with Gasteiger partial charge in [-0.15, -0.1) is 0 Å². The number of H-pyrrole nitrogens is 1. The molecule has 0 amide bonds. The molecule has 0 unspecified atom stereocenters. The molecular formula is C22H18ClN3O3. The van der Waals surface area contributed by atoms with Crippen LogP contribution < -0.4 is 10.9 Å². The number of phenolic OH excluding ortho intramolecular Hbond substituents is 1. The molecule has 1 atom stereocenters. The van der Waals surface area contributed by atoms with E-state index in [0.717, 1.165) is 12.1 Å². The van der Waals surface area contributed by atoms with Crippen LogP contribution in [0.1, 0.15) is 36.3 Å². The normalized spacial score (nSPS) is 18.2. The molecule has 2 aliphatic rings. The quantitative estimate of drug-likeness (QED) is 0.597. The van der Waals surface area contributed by atoms with Crippen molar-refractivity contribution in [3.05, 3.63) is 86.3 Å². The fourth-order valence-electron chi connectivity index (χ4n) is 4.26. The molecule has 0 fully saturated rings. The minimum atomic E-state index is -0.679. The Hall–Kier alpha value is -3.25. The second-order valence-corrected chi connectivity index (χ2v) is 7.74. The molecule has 0 saturated carbocycles. The van der Waals surface area contributed by atoms with E-state index in [1.54, 1.807) is 12.1 Å². The highest BCUT2D eigenvalue weighted by molar-refractivity contribution is 6.30. The Bertz CT molecular complexity index is 1220. The highest BCUT2D eigenvalue weighted by Gasteiger charge is 2.39. The van der Waals surface area contributed by atoms with Gasteiger partial charge in [0.1, 0.15) is 11.6 Å². The van der Waals surface area contributed by atoms with E-state index in [-0.39, 0.29) is 17.1 Å². The summed E-state index contributed by atoms with van der Waals surface area (Å²) >= 11 is 6.20. The number of allylic oxidation sites excluding steroid dienone is 2. The number of halogens is 1. The molecule has 2 aromatic carbocycles. The van der Waals surface area contributed by atoms with E-state index >= 15 is 0 Å². The van der Waals surface area contributed by atoms with Crippen LogP contribution in [0.5, 0.6) is 5.75 Å². The van der Waals surface area contributed by atoms with Gasteiger partial charge in [-0.2, -0.15) is 0 Å². The van der Waals surface area contributed by atoms with Crippen molar-refractivity contribution in [2.24, 2.45) is 0 Å². The fraction of sp³-hybridized carbons (Fsp3) is 0.182. The number of para-hydroxylation sites is 1. The maximum Gasteiger partial charge on any atom is 0.277 e. The lowest BCUT2D eigenvalue weighted by atomic mass is 9.76. The molecule has 5 rings (SSSR count). The maximum absolute atomic E-state index is 13.4.